The first-order valence-electron chi connectivity index (χ1n) is 15.4. The Labute approximate surface area is 231 Å². The van der Waals surface area contributed by atoms with Crippen molar-refractivity contribution in [2.75, 3.05) is 0 Å². The summed E-state index contributed by atoms with van der Waals surface area (Å²) >= 11 is -2.83. The summed E-state index contributed by atoms with van der Waals surface area (Å²) in [6.45, 7) is 16.3. The quantitative estimate of drug-likeness (QED) is 0.0987. The Balaban J connectivity index is 3.62. The van der Waals surface area contributed by atoms with Crippen molar-refractivity contribution in [1.82, 2.24) is 0 Å². The van der Waals surface area contributed by atoms with Gasteiger partial charge in [0.25, 0.3) is 0 Å². The van der Waals surface area contributed by atoms with E-state index in [1.807, 2.05) is 30.3 Å². The van der Waals surface area contributed by atoms with Crippen LogP contribution in [0.5, 0.6) is 0 Å². The summed E-state index contributed by atoms with van der Waals surface area (Å²) in [5, 5.41) is 0. The molecule has 0 spiro atoms. The Hall–Kier alpha value is 0.186. The summed E-state index contributed by atoms with van der Waals surface area (Å²) in [5.74, 6) is 0. The second-order valence-electron chi connectivity index (χ2n) is 12.5. The first-order chi connectivity index (χ1) is 17.1. The third-order valence-corrected chi connectivity index (χ3v) is 34.9. The van der Waals surface area contributed by atoms with Gasteiger partial charge in [-0.1, -0.05) is 0 Å². The molecule has 0 aliphatic heterocycles. The summed E-state index contributed by atoms with van der Waals surface area (Å²) in [5.41, 5.74) is 0. The molecule has 0 fully saturated rings. The summed E-state index contributed by atoms with van der Waals surface area (Å²) in [6.07, 6.45) is 16.6. The van der Waals surface area contributed by atoms with E-state index in [2.05, 4.69) is 47.3 Å². The van der Waals surface area contributed by atoms with Gasteiger partial charge in [-0.05, 0) is 0 Å². The van der Waals surface area contributed by atoms with Gasteiger partial charge in [0.15, 0.2) is 0 Å². The molecular formula is C31H60O2SSiSn. The van der Waals surface area contributed by atoms with E-state index in [-0.39, 0.29) is 4.87 Å². The number of hydrogen-bond donors (Lipinski definition) is 0. The molecule has 2 atom stereocenters. The van der Waals surface area contributed by atoms with Crippen molar-refractivity contribution in [3.63, 3.8) is 0 Å². The SMILES string of the molecule is CCCCCCCC[CH](C([Si](C)(C)C)S(=O)(=O)c1ccccc1)[Sn]([CH2]CCC)([CH2]CCC)[CH2]CCC. The average Bonchev–Trinajstić information content (AvgIpc) is 2.85. The predicted molar refractivity (Wildman–Crippen MR) is 167 cm³/mol. The molecule has 0 N–H and O–H groups in total. The van der Waals surface area contributed by atoms with Crippen LogP contribution in [0.2, 0.25) is 36.9 Å². The molecule has 1 aromatic rings. The Morgan fingerprint density at radius 1 is 0.667 bits per heavy atom. The maximum atomic E-state index is 14.5. The second kappa shape index (κ2) is 17.7. The Morgan fingerprint density at radius 2 is 1.11 bits per heavy atom. The van der Waals surface area contributed by atoms with Gasteiger partial charge in [-0.25, -0.2) is 0 Å². The molecule has 0 heterocycles. The van der Waals surface area contributed by atoms with Crippen molar-refractivity contribution in [2.45, 2.75) is 158 Å². The number of unbranched alkanes of at least 4 members (excludes halogenated alkanes) is 8. The predicted octanol–water partition coefficient (Wildman–Crippen LogP) is 10.7. The fourth-order valence-corrected chi connectivity index (χ4v) is 42.0. The third-order valence-electron chi connectivity index (χ3n) is 8.36. The maximum absolute atomic E-state index is 14.5. The zero-order valence-corrected chi connectivity index (χ0v) is 29.8. The molecule has 0 aromatic heterocycles. The summed E-state index contributed by atoms with van der Waals surface area (Å²) in [7, 11) is -5.37. The van der Waals surface area contributed by atoms with E-state index in [0.29, 0.717) is 8.83 Å². The van der Waals surface area contributed by atoms with Gasteiger partial charge in [-0.15, -0.1) is 0 Å². The molecule has 1 aromatic carbocycles. The third kappa shape index (κ3) is 10.7. The van der Waals surface area contributed by atoms with Crippen LogP contribution in [0.1, 0.15) is 111 Å². The van der Waals surface area contributed by atoms with Gasteiger partial charge < -0.3 is 0 Å². The number of benzene rings is 1. The molecule has 0 amide bonds. The van der Waals surface area contributed by atoms with Crippen LogP contribution >= 0.6 is 0 Å². The van der Waals surface area contributed by atoms with E-state index < -0.39 is 36.3 Å². The molecule has 0 saturated carbocycles. The molecule has 2 nitrogen and oxygen atoms in total. The van der Waals surface area contributed by atoms with Crippen LogP contribution in [-0.4, -0.2) is 39.7 Å². The first-order valence-corrected chi connectivity index (χ1v) is 28.2. The normalized spacial score (nSPS) is 14.6. The van der Waals surface area contributed by atoms with Crippen molar-refractivity contribution in [1.29, 1.82) is 0 Å². The second-order valence-corrected chi connectivity index (χ2v) is 34.5. The van der Waals surface area contributed by atoms with E-state index in [1.54, 1.807) is 0 Å². The van der Waals surface area contributed by atoms with Gasteiger partial charge in [0.2, 0.25) is 0 Å². The van der Waals surface area contributed by atoms with Crippen molar-refractivity contribution in [3.8, 4) is 0 Å². The molecule has 210 valence electrons. The topological polar surface area (TPSA) is 34.1 Å². The van der Waals surface area contributed by atoms with E-state index in [4.69, 9.17) is 0 Å². The molecular weight excluding hydrogens is 583 g/mol. The number of rotatable bonds is 21. The minimum absolute atomic E-state index is 0.135. The summed E-state index contributed by atoms with van der Waals surface area (Å²) in [4.78, 5) is 0.441. The van der Waals surface area contributed by atoms with Crippen molar-refractivity contribution < 1.29 is 8.42 Å². The summed E-state index contributed by atoms with van der Waals surface area (Å²) in [6, 6.07) is 9.51. The van der Waals surface area contributed by atoms with Gasteiger partial charge in [-0.3, -0.25) is 0 Å². The monoisotopic (exact) mass is 644 g/mol. The number of hydrogen-bond acceptors (Lipinski definition) is 2. The van der Waals surface area contributed by atoms with Crippen LogP contribution in [0.15, 0.2) is 35.2 Å². The summed E-state index contributed by atoms with van der Waals surface area (Å²) < 4.78 is 33.7. The van der Waals surface area contributed by atoms with Crippen LogP contribution in [0.4, 0.5) is 0 Å². The minimum atomic E-state index is -3.35. The van der Waals surface area contributed by atoms with Crippen molar-refractivity contribution in [2.24, 2.45) is 0 Å². The van der Waals surface area contributed by atoms with Crippen molar-refractivity contribution in [3.05, 3.63) is 30.3 Å². The van der Waals surface area contributed by atoms with Gasteiger partial charge in [0, 0.05) is 0 Å². The van der Waals surface area contributed by atoms with Crippen LogP contribution in [-0.2, 0) is 9.84 Å². The zero-order chi connectivity index (χ0) is 27.1. The molecule has 1 rings (SSSR count). The fraction of sp³-hybridized carbons (Fsp3) is 0.806. The van der Waals surface area contributed by atoms with Gasteiger partial charge in [0.1, 0.15) is 0 Å². The molecule has 2 unspecified atom stereocenters. The Kier molecular flexibility index (Phi) is 16.8. The number of sulfone groups is 1. The average molecular weight is 644 g/mol. The Morgan fingerprint density at radius 3 is 1.56 bits per heavy atom. The van der Waals surface area contributed by atoms with Gasteiger partial charge in [-0.2, -0.15) is 0 Å². The van der Waals surface area contributed by atoms with E-state index in [0.717, 1.165) is 0 Å². The van der Waals surface area contributed by atoms with Gasteiger partial charge >= 0.3 is 233 Å². The molecule has 0 saturated heterocycles. The molecule has 0 aliphatic rings. The van der Waals surface area contributed by atoms with Gasteiger partial charge in [0.05, 0.1) is 0 Å². The van der Waals surface area contributed by atoms with Crippen LogP contribution < -0.4 is 0 Å². The first kappa shape index (κ1) is 34.2. The van der Waals surface area contributed by atoms with E-state index >= 15 is 0 Å². The molecule has 0 aliphatic carbocycles. The van der Waals surface area contributed by atoms with Crippen LogP contribution in [0, 0.1) is 0 Å². The molecule has 36 heavy (non-hydrogen) atoms. The van der Waals surface area contributed by atoms with Crippen LogP contribution in [0.3, 0.4) is 0 Å². The van der Waals surface area contributed by atoms with Crippen LogP contribution in [0.25, 0.3) is 0 Å². The molecule has 5 heteroatoms. The molecule has 0 bridgehead atoms. The standard InChI is InChI=1S/C19H33O2SSi.3C4H9.Sn/c1-5-6-7-8-9-10-14-17-19(23(2,3)4)22(20,21)18-15-12-11-13-16-18;3*1-3-4-2;/h11-13,15-17,19H,5-10,14H2,1-4H3;3*1,3-4H2,2H3;. The fourth-order valence-electron chi connectivity index (χ4n) is 6.48. The van der Waals surface area contributed by atoms with E-state index in [1.165, 1.54) is 96.8 Å². The van der Waals surface area contributed by atoms with Crippen molar-refractivity contribution >= 4 is 36.3 Å². The molecule has 0 radical (unpaired) electrons. The Bertz CT molecular complexity index is 767. The van der Waals surface area contributed by atoms with E-state index in [9.17, 15) is 8.42 Å². The zero-order valence-electron chi connectivity index (χ0n) is 25.1.